The quantitative estimate of drug-likeness (QED) is 0.0364. The number of nitrogens with one attached hydrogen (secondary N) is 1. The van der Waals surface area contributed by atoms with Gasteiger partial charge in [-0.2, -0.15) is 5.10 Å². The molecule has 1 amide bonds. The number of aromatic hydroxyl groups is 3. The van der Waals surface area contributed by atoms with Crippen molar-refractivity contribution in [2.24, 2.45) is 28.8 Å². The third-order valence-electron chi connectivity index (χ3n) is 13.9. The van der Waals surface area contributed by atoms with Gasteiger partial charge in [0.25, 0.3) is 17.4 Å². The highest BCUT2D eigenvalue weighted by atomic mass is 16.7. The van der Waals surface area contributed by atoms with E-state index in [0.29, 0.717) is 19.6 Å². The van der Waals surface area contributed by atoms with Gasteiger partial charge in [-0.05, 0) is 39.3 Å². The summed E-state index contributed by atoms with van der Waals surface area (Å²) in [5.74, 6) is -8.81. The number of hydrogen-bond donors (Lipinski definition) is 6. The predicted octanol–water partition coefficient (Wildman–Crippen LogP) is 6.59. The Balaban J connectivity index is 1.46. The SMILES string of the molecule is CO[C@H]1/C=C/O[C@@]2(C)Oc3c(C)c(O)c4c(O)c(c(/C=N/N5C(C)CN(Cc6ccc([N+](=O)[O-])cc6)CC5C)c(O)c4c3C2=O)NC(=O)/C(C)=C\C=C\[C@@H](C)[C@H](O)[C@@H](C)[C@@H](O)[C@@H](C)[C@H](OC(C)=O)[C@@H]1C. The number of amides is 1. The van der Waals surface area contributed by atoms with E-state index in [1.54, 1.807) is 57.0 Å². The maximum Gasteiger partial charge on any atom is 0.312 e. The molecule has 378 valence electrons. The number of benzene rings is 3. The second-order valence-corrected chi connectivity index (χ2v) is 19.1. The van der Waals surface area contributed by atoms with Crippen molar-refractivity contribution in [2.45, 2.75) is 118 Å². The van der Waals surface area contributed by atoms with Crippen LogP contribution in [-0.4, -0.2) is 127 Å². The van der Waals surface area contributed by atoms with Gasteiger partial charge >= 0.3 is 11.8 Å². The van der Waals surface area contributed by atoms with Gasteiger partial charge in [0.05, 0.1) is 70.0 Å². The molecule has 19 nitrogen and oxygen atoms in total. The number of phenolic OH excluding ortho intramolecular Hbond substituents is 3. The number of rotatable bonds is 7. The molecule has 0 radical (unpaired) electrons. The summed E-state index contributed by atoms with van der Waals surface area (Å²) in [6.45, 7) is 17.9. The fourth-order valence-electron chi connectivity index (χ4n) is 9.76. The number of hydrogen-bond acceptors (Lipinski definition) is 17. The summed E-state index contributed by atoms with van der Waals surface area (Å²) in [7, 11) is 1.43. The summed E-state index contributed by atoms with van der Waals surface area (Å²) in [5, 5.41) is 79.2. The number of ether oxygens (including phenoxy) is 4. The number of ketones is 1. The van der Waals surface area contributed by atoms with E-state index in [1.807, 2.05) is 13.8 Å². The third-order valence-corrected chi connectivity index (χ3v) is 13.9. The topological polar surface area (TPSA) is 263 Å². The Morgan fingerprint density at radius 3 is 2.19 bits per heavy atom. The lowest BCUT2D eigenvalue weighted by Gasteiger charge is -2.42. The minimum Gasteiger partial charge on any atom is -0.507 e. The number of nitro benzene ring substituents is 1. The second-order valence-electron chi connectivity index (χ2n) is 19.1. The van der Waals surface area contributed by atoms with Gasteiger partial charge in [-0.15, -0.1) is 0 Å². The molecule has 19 heteroatoms. The number of aliphatic hydroxyl groups is 2. The smallest absolute Gasteiger partial charge is 0.312 e. The lowest BCUT2D eigenvalue weighted by Crippen LogP contribution is -2.54. The van der Waals surface area contributed by atoms with E-state index in [1.165, 1.54) is 71.6 Å². The van der Waals surface area contributed by atoms with Crippen molar-refractivity contribution < 1.29 is 63.8 Å². The third kappa shape index (κ3) is 10.5. The minimum absolute atomic E-state index is 0.00438. The van der Waals surface area contributed by atoms with Crippen molar-refractivity contribution in [3.63, 3.8) is 0 Å². The molecule has 6 N–H and O–H groups in total. The molecule has 1 saturated heterocycles. The molecule has 4 heterocycles. The van der Waals surface area contributed by atoms with Crippen LogP contribution in [0.4, 0.5) is 11.4 Å². The van der Waals surface area contributed by atoms with Crippen LogP contribution >= 0.6 is 0 Å². The Morgan fingerprint density at radius 2 is 1.59 bits per heavy atom. The number of fused-ring (bicyclic) bond motifs is 14. The van der Waals surface area contributed by atoms with E-state index in [4.69, 9.17) is 24.0 Å². The summed E-state index contributed by atoms with van der Waals surface area (Å²) in [6, 6.07) is 5.91. The number of nitro groups is 1. The van der Waals surface area contributed by atoms with Crippen molar-refractivity contribution in [1.82, 2.24) is 9.91 Å². The molecule has 70 heavy (non-hydrogen) atoms. The van der Waals surface area contributed by atoms with Crippen molar-refractivity contribution in [3.05, 3.63) is 92.8 Å². The average molecular weight is 972 g/mol. The van der Waals surface area contributed by atoms with E-state index in [0.717, 1.165) is 5.56 Å². The van der Waals surface area contributed by atoms with Crippen LogP contribution in [0.5, 0.6) is 23.0 Å². The predicted molar refractivity (Wildman–Crippen MR) is 261 cm³/mol. The number of carbonyl (C=O) groups is 3. The lowest BCUT2D eigenvalue weighted by atomic mass is 9.78. The number of hydrazone groups is 1. The molecule has 4 aliphatic heterocycles. The monoisotopic (exact) mass is 971 g/mol. The molecule has 0 spiro atoms. The van der Waals surface area contributed by atoms with Gasteiger partial charge in [0, 0.05) is 92.9 Å². The van der Waals surface area contributed by atoms with Gasteiger partial charge in [0.1, 0.15) is 23.4 Å². The zero-order valence-electron chi connectivity index (χ0n) is 41.4. The first kappa shape index (κ1) is 52.8. The van der Waals surface area contributed by atoms with Crippen LogP contribution in [0.3, 0.4) is 0 Å². The number of esters is 1. The first-order valence-electron chi connectivity index (χ1n) is 23.3. The average Bonchev–Trinajstić information content (AvgIpc) is 3.57. The molecule has 3 aromatic rings. The van der Waals surface area contributed by atoms with Crippen molar-refractivity contribution in [1.29, 1.82) is 0 Å². The first-order chi connectivity index (χ1) is 32.9. The maximum atomic E-state index is 14.7. The van der Waals surface area contributed by atoms with Crippen LogP contribution < -0.4 is 10.1 Å². The normalized spacial score (nSPS) is 30.9. The van der Waals surface area contributed by atoms with Gasteiger partial charge in [0.2, 0.25) is 0 Å². The minimum atomic E-state index is -2.10. The number of methoxy groups -OCH3 is 1. The van der Waals surface area contributed by atoms with Crippen molar-refractivity contribution >= 4 is 46.0 Å². The number of aliphatic hydroxyl groups excluding tert-OH is 2. The fourth-order valence-corrected chi connectivity index (χ4v) is 9.76. The summed E-state index contributed by atoms with van der Waals surface area (Å²) < 4.78 is 23.8. The van der Waals surface area contributed by atoms with Gasteiger partial charge < -0.3 is 49.8 Å². The molecular formula is C51H65N5O14. The zero-order valence-corrected chi connectivity index (χ0v) is 41.4. The maximum absolute atomic E-state index is 14.7. The van der Waals surface area contributed by atoms with Crippen LogP contribution in [0, 0.1) is 40.7 Å². The molecule has 11 atom stereocenters. The number of carbonyl (C=O) groups excluding carboxylic acids is 3. The number of allylic oxidation sites excluding steroid dienone is 2. The number of Topliss-reactive ketones (excluding diaryl/α,β-unsaturated/α-hetero) is 1. The Morgan fingerprint density at radius 1 is 0.943 bits per heavy atom. The number of piperazine rings is 1. The Bertz CT molecular complexity index is 2620. The largest absolute Gasteiger partial charge is 0.507 e. The fraction of sp³-hybridized carbons (Fsp3) is 0.490. The molecule has 0 aromatic heterocycles. The number of phenols is 3. The molecule has 4 aliphatic rings. The van der Waals surface area contributed by atoms with E-state index < -0.39 is 93.7 Å². The molecule has 1 fully saturated rings. The summed E-state index contributed by atoms with van der Waals surface area (Å²) in [5.41, 5.74) is 0.292. The van der Waals surface area contributed by atoms with Gasteiger partial charge in [-0.3, -0.25) is 34.4 Å². The van der Waals surface area contributed by atoms with Crippen LogP contribution in [-0.2, 0) is 30.3 Å². The van der Waals surface area contributed by atoms with Gasteiger partial charge in [-0.1, -0.05) is 58.1 Å². The molecule has 7 rings (SSSR count). The van der Waals surface area contributed by atoms with Crippen LogP contribution in [0.1, 0.15) is 89.4 Å². The molecule has 3 aromatic carbocycles. The van der Waals surface area contributed by atoms with E-state index in [2.05, 4.69) is 10.2 Å². The highest BCUT2D eigenvalue weighted by Crippen LogP contribution is 2.55. The van der Waals surface area contributed by atoms with Gasteiger partial charge in [-0.25, -0.2) is 0 Å². The number of nitrogens with zero attached hydrogens (tertiary/aromatic N) is 4. The highest BCUT2D eigenvalue weighted by molar-refractivity contribution is 6.23. The van der Waals surface area contributed by atoms with Crippen molar-refractivity contribution in [2.75, 3.05) is 25.5 Å². The molecule has 0 saturated carbocycles. The molecule has 2 unspecified atom stereocenters. The summed E-state index contributed by atoms with van der Waals surface area (Å²) >= 11 is 0. The standard InChI is InChI=1S/C51H65N5O14/c1-25-13-12-14-26(2)50(64)53-41-36(21-52-55-27(3)22-54(23-28(55)4)24-34-15-17-35(18-16-34)56(65)66)45(61)38-39(46(41)62)44(60)32(8)48-40(38)49(63)51(10,70-48)68-20-19-37(67-11)29(5)47(69-33(9)57)31(7)43(59)30(6)42(25)58/h12-21,25,27-31,37,42-43,47,58-62H,22-24H2,1-11H3,(H,53,64)/b13-12+,20-19+,26-14-,52-21+/t25-,27?,28?,29-,30-,31-,37+,42+,43-,47-,51+/m1/s1. The molecule has 5 bridgehead atoms. The first-order valence-corrected chi connectivity index (χ1v) is 23.3. The van der Waals surface area contributed by atoms with Crippen LogP contribution in [0.15, 0.2) is 65.5 Å². The Hall–Kier alpha value is -6.54. The molecular weight excluding hydrogens is 907 g/mol. The second kappa shape index (κ2) is 21.2. The van der Waals surface area contributed by atoms with Crippen LogP contribution in [0.25, 0.3) is 10.8 Å². The van der Waals surface area contributed by atoms with Crippen molar-refractivity contribution in [3.8, 4) is 23.0 Å². The summed E-state index contributed by atoms with van der Waals surface area (Å²) in [6.07, 6.45) is 4.63. The highest BCUT2D eigenvalue weighted by Gasteiger charge is 2.50. The van der Waals surface area contributed by atoms with E-state index >= 15 is 0 Å². The molecule has 0 aliphatic carbocycles. The van der Waals surface area contributed by atoms with Crippen LogP contribution in [0.2, 0.25) is 0 Å². The zero-order chi connectivity index (χ0) is 51.7. The Labute approximate surface area is 406 Å². The van der Waals surface area contributed by atoms with E-state index in [9.17, 15) is 50.0 Å². The number of non-ortho nitro benzene ring substituents is 1. The van der Waals surface area contributed by atoms with E-state index in [-0.39, 0.29) is 62.2 Å². The number of anilines is 1. The van der Waals surface area contributed by atoms with Gasteiger partial charge in [0.15, 0.2) is 5.75 Å². The Kier molecular flexibility index (Phi) is 16.0. The summed E-state index contributed by atoms with van der Waals surface area (Å²) in [4.78, 5) is 54.0. The lowest BCUT2D eigenvalue weighted by molar-refractivity contribution is -0.384.